The lowest BCUT2D eigenvalue weighted by Crippen LogP contribution is -1.90. The number of nitrogens with zero attached hydrogens (tertiary/aromatic N) is 3. The van der Waals surface area contributed by atoms with Crippen LogP contribution < -0.4 is 0 Å². The molecule has 0 aromatic heterocycles. The molecule has 1 aromatic carbocycles. The lowest BCUT2D eigenvalue weighted by Gasteiger charge is -2.01. The maximum atomic E-state index is 10.6. The maximum Gasteiger partial charge on any atom is 0.312 e. The summed E-state index contributed by atoms with van der Waals surface area (Å²) in [4.78, 5) is 9.78. The van der Waals surface area contributed by atoms with E-state index >= 15 is 0 Å². The Kier molecular flexibility index (Phi) is 3.66. The fourth-order valence-electron chi connectivity index (χ4n) is 1.10. The molecule has 0 aliphatic heterocycles. The van der Waals surface area contributed by atoms with Crippen LogP contribution in [0, 0.1) is 32.8 Å². The minimum atomic E-state index is -0.809. The Morgan fingerprint density at radius 3 is 2.53 bits per heavy atom. The zero-order chi connectivity index (χ0) is 13.0. The number of halogens is 1. The lowest BCUT2D eigenvalue weighted by molar-refractivity contribution is -0.385. The predicted octanol–water partition coefficient (Wildman–Crippen LogP) is 2.38. The molecule has 0 radical (unpaired) electrons. The standard InChI is InChI=1S/C10H4ClN3O3/c11-8-2-7(1-6(4-12)5-13)10(15)9(3-8)14(16)17/h1-3,15H. The summed E-state index contributed by atoms with van der Waals surface area (Å²) in [6.07, 6.45) is 1.02. The third-order valence-electron chi connectivity index (χ3n) is 1.82. The summed E-state index contributed by atoms with van der Waals surface area (Å²) in [6.45, 7) is 0. The first kappa shape index (κ1) is 12.5. The van der Waals surface area contributed by atoms with Crippen LogP contribution in [0.2, 0.25) is 5.02 Å². The maximum absolute atomic E-state index is 10.6. The smallest absolute Gasteiger partial charge is 0.312 e. The molecule has 0 bridgehead atoms. The lowest BCUT2D eigenvalue weighted by atomic mass is 10.1. The van der Waals surface area contributed by atoms with Gasteiger partial charge in [-0.15, -0.1) is 0 Å². The van der Waals surface area contributed by atoms with Gasteiger partial charge in [-0.1, -0.05) is 11.6 Å². The molecule has 0 unspecified atom stereocenters. The van der Waals surface area contributed by atoms with Gasteiger partial charge in [-0.25, -0.2) is 0 Å². The number of phenols is 1. The van der Waals surface area contributed by atoms with Crippen LogP contribution >= 0.6 is 11.6 Å². The van der Waals surface area contributed by atoms with Gasteiger partial charge in [0.2, 0.25) is 5.75 Å². The second-order valence-electron chi connectivity index (χ2n) is 2.90. The van der Waals surface area contributed by atoms with E-state index in [0.29, 0.717) is 0 Å². The fraction of sp³-hybridized carbons (Fsp3) is 0. The van der Waals surface area contributed by atoms with Crippen molar-refractivity contribution in [2.75, 3.05) is 0 Å². The van der Waals surface area contributed by atoms with Crippen LogP contribution in [0.25, 0.3) is 6.08 Å². The second-order valence-corrected chi connectivity index (χ2v) is 3.34. The van der Waals surface area contributed by atoms with Crippen molar-refractivity contribution < 1.29 is 10.0 Å². The highest BCUT2D eigenvalue weighted by molar-refractivity contribution is 6.31. The van der Waals surface area contributed by atoms with Gasteiger partial charge in [0.1, 0.15) is 17.7 Å². The van der Waals surface area contributed by atoms with Crippen molar-refractivity contribution in [1.29, 1.82) is 10.5 Å². The monoisotopic (exact) mass is 249 g/mol. The molecule has 1 aromatic rings. The van der Waals surface area contributed by atoms with E-state index in [2.05, 4.69) is 0 Å². The minimum absolute atomic E-state index is 0.0241. The molecule has 0 saturated carbocycles. The summed E-state index contributed by atoms with van der Waals surface area (Å²) in [7, 11) is 0. The summed E-state index contributed by atoms with van der Waals surface area (Å²) < 4.78 is 0. The third kappa shape index (κ3) is 2.71. The number of nitro benzene ring substituents is 1. The Morgan fingerprint density at radius 2 is 2.06 bits per heavy atom. The Morgan fingerprint density at radius 1 is 1.47 bits per heavy atom. The van der Waals surface area contributed by atoms with Gasteiger partial charge in [0, 0.05) is 16.7 Å². The first-order chi connectivity index (χ1) is 7.99. The van der Waals surface area contributed by atoms with E-state index in [1.807, 2.05) is 0 Å². The van der Waals surface area contributed by atoms with Gasteiger partial charge in [-0.3, -0.25) is 10.1 Å². The van der Waals surface area contributed by atoms with Gasteiger partial charge in [0.25, 0.3) is 0 Å². The van der Waals surface area contributed by atoms with Crippen LogP contribution in [0.4, 0.5) is 5.69 Å². The fourth-order valence-corrected chi connectivity index (χ4v) is 1.32. The summed E-state index contributed by atoms with van der Waals surface area (Å²) in [6, 6.07) is 5.34. The van der Waals surface area contributed by atoms with E-state index in [1.165, 1.54) is 6.07 Å². The molecule has 0 heterocycles. The van der Waals surface area contributed by atoms with E-state index in [0.717, 1.165) is 12.1 Å². The highest BCUT2D eigenvalue weighted by Crippen LogP contribution is 2.34. The van der Waals surface area contributed by atoms with Crippen molar-refractivity contribution in [2.24, 2.45) is 0 Å². The van der Waals surface area contributed by atoms with E-state index in [9.17, 15) is 15.2 Å². The molecule has 0 spiro atoms. The van der Waals surface area contributed by atoms with E-state index in [-0.39, 0.29) is 16.2 Å². The normalized spacial score (nSPS) is 8.88. The van der Waals surface area contributed by atoms with Gasteiger partial charge in [-0.2, -0.15) is 10.5 Å². The van der Waals surface area contributed by atoms with Crippen molar-refractivity contribution in [3.63, 3.8) is 0 Å². The molecule has 6 nitrogen and oxygen atoms in total. The third-order valence-corrected chi connectivity index (χ3v) is 2.04. The average Bonchev–Trinajstić information content (AvgIpc) is 2.29. The van der Waals surface area contributed by atoms with Crippen molar-refractivity contribution in [3.05, 3.63) is 38.4 Å². The zero-order valence-corrected chi connectivity index (χ0v) is 8.97. The molecule has 1 N–H and O–H groups in total. The second kappa shape index (κ2) is 4.97. The highest BCUT2D eigenvalue weighted by atomic mass is 35.5. The van der Waals surface area contributed by atoms with Gasteiger partial charge < -0.3 is 5.11 Å². The van der Waals surface area contributed by atoms with Crippen molar-refractivity contribution in [1.82, 2.24) is 0 Å². The van der Waals surface area contributed by atoms with E-state index < -0.39 is 16.4 Å². The Labute approximate surface area is 101 Å². The van der Waals surface area contributed by atoms with Crippen molar-refractivity contribution >= 4 is 23.4 Å². The van der Waals surface area contributed by atoms with Gasteiger partial charge in [0.05, 0.1) is 4.92 Å². The van der Waals surface area contributed by atoms with Crippen LogP contribution in [-0.2, 0) is 0 Å². The first-order valence-corrected chi connectivity index (χ1v) is 4.56. The molecule has 1 rings (SSSR count). The number of rotatable bonds is 2. The molecule has 0 fully saturated rings. The summed E-state index contributed by atoms with van der Waals surface area (Å²) in [5, 5.41) is 37.2. The van der Waals surface area contributed by atoms with Crippen LogP contribution in [0.15, 0.2) is 17.7 Å². The summed E-state index contributed by atoms with van der Waals surface area (Å²) >= 11 is 5.63. The van der Waals surface area contributed by atoms with E-state index in [1.54, 1.807) is 12.1 Å². The number of phenolic OH excluding ortho intramolecular Hbond substituents is 1. The number of hydrogen-bond donors (Lipinski definition) is 1. The van der Waals surface area contributed by atoms with Crippen LogP contribution in [-0.4, -0.2) is 10.0 Å². The number of hydrogen-bond acceptors (Lipinski definition) is 5. The Balaban J connectivity index is 3.47. The number of nitriles is 2. The molecule has 0 saturated heterocycles. The highest BCUT2D eigenvalue weighted by Gasteiger charge is 2.17. The topological polar surface area (TPSA) is 111 Å². The summed E-state index contributed by atoms with van der Waals surface area (Å²) in [5.41, 5.74) is -0.932. The molecular weight excluding hydrogens is 246 g/mol. The van der Waals surface area contributed by atoms with Crippen LogP contribution in [0.1, 0.15) is 5.56 Å². The SMILES string of the molecule is N#CC(C#N)=Cc1cc(Cl)cc([N+](=O)[O-])c1O. The Bertz CT molecular complexity index is 580. The zero-order valence-electron chi connectivity index (χ0n) is 8.22. The van der Waals surface area contributed by atoms with Crippen molar-refractivity contribution in [2.45, 2.75) is 0 Å². The molecule has 7 heteroatoms. The molecule has 0 aliphatic rings. The molecule has 17 heavy (non-hydrogen) atoms. The molecule has 0 amide bonds. The van der Waals surface area contributed by atoms with E-state index in [4.69, 9.17) is 22.1 Å². The predicted molar refractivity (Wildman–Crippen MR) is 59.0 cm³/mol. The van der Waals surface area contributed by atoms with Gasteiger partial charge >= 0.3 is 5.69 Å². The largest absolute Gasteiger partial charge is 0.502 e. The quantitative estimate of drug-likeness (QED) is 0.491. The number of benzene rings is 1. The van der Waals surface area contributed by atoms with Gasteiger partial charge in [0.15, 0.2) is 0 Å². The molecular formula is C10H4ClN3O3. The van der Waals surface area contributed by atoms with Crippen LogP contribution in [0.5, 0.6) is 5.75 Å². The van der Waals surface area contributed by atoms with Gasteiger partial charge in [-0.05, 0) is 12.1 Å². The van der Waals surface area contributed by atoms with Crippen LogP contribution in [0.3, 0.4) is 0 Å². The first-order valence-electron chi connectivity index (χ1n) is 4.18. The number of allylic oxidation sites excluding steroid dienone is 1. The molecule has 84 valence electrons. The molecule has 0 atom stereocenters. The van der Waals surface area contributed by atoms with Crippen molar-refractivity contribution in [3.8, 4) is 17.9 Å². The number of aromatic hydroxyl groups is 1. The Hall–Kier alpha value is -2.57. The summed E-state index contributed by atoms with van der Waals surface area (Å²) in [5.74, 6) is -0.637. The number of nitro groups is 1. The minimum Gasteiger partial charge on any atom is -0.502 e. The molecule has 0 aliphatic carbocycles. The average molecular weight is 250 g/mol.